The summed E-state index contributed by atoms with van der Waals surface area (Å²) in [6.07, 6.45) is 18.9. The number of rotatable bonds is 4. The van der Waals surface area contributed by atoms with Crippen molar-refractivity contribution >= 4 is 58.0 Å². The number of nitrogens with zero attached hydrogens (tertiary/aromatic N) is 17. The number of aromatic nitrogens is 13. The van der Waals surface area contributed by atoms with E-state index in [9.17, 15) is 0 Å². The predicted octanol–water partition coefficient (Wildman–Crippen LogP) is 5.34. The summed E-state index contributed by atoms with van der Waals surface area (Å²) in [7, 11) is 0. The topological polar surface area (TPSA) is 157 Å². The molecule has 5 aromatic heterocycles. The molecule has 7 aliphatic heterocycles. The van der Waals surface area contributed by atoms with Gasteiger partial charge in [-0.1, -0.05) is 17.7 Å². The van der Waals surface area contributed by atoms with Gasteiger partial charge < -0.3 is 14.7 Å². The number of allylic oxidation sites excluding steroid dienone is 2. The highest BCUT2D eigenvalue weighted by Crippen LogP contribution is 2.47. The molecular formula is C37H37Cl3N17+. The summed E-state index contributed by atoms with van der Waals surface area (Å²) in [5.74, 6) is 7.17. The standard InChI is InChI=1S/C37H37Cl3N17/c1-19-46-48-33-23-11-9-21(17-52(23)30-24(55(19)33)5-2-3-7-28(38)43-30)54-18-53-26-15-41-37(40)45-32(26)56-20(8-12-25(56)35(53)50-54)10-13-29-47-49-34-22-6-4-14-51(22)31-27(57(29)34)16-42-36(39)44-31/h5,7,15-16,18,20-23,25H,2-4,6,8-14,17H2,1H3/q+1. The van der Waals surface area contributed by atoms with E-state index in [0.717, 1.165) is 128 Å². The van der Waals surface area contributed by atoms with Gasteiger partial charge in [0.2, 0.25) is 16.9 Å². The summed E-state index contributed by atoms with van der Waals surface area (Å²) in [6.45, 7) is 3.61. The summed E-state index contributed by atoms with van der Waals surface area (Å²) in [5, 5.41) is 25.0. The van der Waals surface area contributed by atoms with Gasteiger partial charge in [0.05, 0.1) is 36.7 Å². The number of amidine groups is 1. The van der Waals surface area contributed by atoms with E-state index >= 15 is 0 Å². The maximum absolute atomic E-state index is 6.67. The Hall–Kier alpha value is -5.00. The van der Waals surface area contributed by atoms with Crippen molar-refractivity contribution < 1.29 is 4.57 Å². The molecule has 0 radical (unpaired) electrons. The maximum Gasteiger partial charge on any atom is 0.305 e. The van der Waals surface area contributed by atoms with Gasteiger partial charge in [-0.3, -0.25) is 9.13 Å². The Balaban J connectivity index is 0.856. The average Bonchev–Trinajstić information content (AvgIpc) is 4.05. The summed E-state index contributed by atoms with van der Waals surface area (Å²) in [5.41, 5.74) is 2.75. The van der Waals surface area contributed by atoms with Crippen LogP contribution in [0.4, 0.5) is 11.6 Å². The van der Waals surface area contributed by atoms with Gasteiger partial charge in [0.15, 0.2) is 34.8 Å². The zero-order valence-corrected chi connectivity index (χ0v) is 33.3. The van der Waals surface area contributed by atoms with E-state index in [1.165, 1.54) is 0 Å². The lowest BCUT2D eigenvalue weighted by Gasteiger charge is -2.43. The summed E-state index contributed by atoms with van der Waals surface area (Å²) < 4.78 is 8.63. The fourth-order valence-corrected chi connectivity index (χ4v) is 10.8. The molecule has 0 amide bonds. The Morgan fingerprint density at radius 3 is 2.51 bits per heavy atom. The molecular weight excluding hydrogens is 789 g/mol. The van der Waals surface area contributed by atoms with Crippen molar-refractivity contribution in [2.45, 2.75) is 101 Å². The van der Waals surface area contributed by atoms with Gasteiger partial charge in [-0.15, -0.1) is 25.1 Å². The van der Waals surface area contributed by atoms with Gasteiger partial charge in [0.25, 0.3) is 0 Å². The molecule has 3 saturated heterocycles. The molecule has 0 spiro atoms. The fourth-order valence-electron chi connectivity index (χ4n) is 10.4. The van der Waals surface area contributed by atoms with E-state index in [1.807, 2.05) is 19.2 Å². The molecule has 12 heterocycles. The first kappa shape index (κ1) is 34.1. The second-order valence-corrected chi connectivity index (χ2v) is 16.9. The van der Waals surface area contributed by atoms with Crippen molar-refractivity contribution in [3.8, 4) is 11.4 Å². The minimum Gasteiger partial charge on any atom is -0.344 e. The molecule has 57 heavy (non-hydrogen) atoms. The van der Waals surface area contributed by atoms with Crippen LogP contribution in [0.1, 0.15) is 111 Å². The highest BCUT2D eigenvalue weighted by molar-refractivity contribution is 6.31. The number of hydrogen-bond acceptors (Lipinski definition) is 13. The van der Waals surface area contributed by atoms with E-state index in [4.69, 9.17) is 60.1 Å². The molecule has 7 aliphatic rings. The Labute approximate surface area is 341 Å². The summed E-state index contributed by atoms with van der Waals surface area (Å²) in [4.78, 5) is 30.3. The van der Waals surface area contributed by atoms with Gasteiger partial charge in [-0.05, 0) is 94.0 Å². The smallest absolute Gasteiger partial charge is 0.305 e. The number of halogens is 3. The normalized spacial score (nSPS) is 25.4. The highest BCUT2D eigenvalue weighted by Gasteiger charge is 2.49. The molecule has 17 nitrogen and oxygen atoms in total. The van der Waals surface area contributed by atoms with Crippen LogP contribution in [0, 0.1) is 6.92 Å². The lowest BCUT2D eigenvalue weighted by atomic mass is 9.94. The van der Waals surface area contributed by atoms with E-state index < -0.39 is 0 Å². The van der Waals surface area contributed by atoms with Crippen molar-refractivity contribution in [1.29, 1.82) is 0 Å². The lowest BCUT2D eigenvalue weighted by Crippen LogP contribution is -2.48. The zero-order chi connectivity index (χ0) is 38.1. The number of hydrogen-bond donors (Lipinski definition) is 0. The van der Waals surface area contributed by atoms with Crippen molar-refractivity contribution in [2.24, 2.45) is 4.99 Å². The molecule has 0 saturated carbocycles. The SMILES string of the molecule is Cc1nnc2n1C1=CCCC=C(Cl)N=C1N1CC(n3c[n+]4c(n3)C3CCC(CCc5nnc6n5-c5cnc(Cl)nc5N5CCCC65)N3c3nc(Cl)ncc3-4)CCC21. The van der Waals surface area contributed by atoms with E-state index in [-0.39, 0.29) is 40.8 Å². The molecule has 0 aromatic carbocycles. The third-order valence-corrected chi connectivity index (χ3v) is 13.4. The molecule has 5 unspecified atom stereocenters. The first-order chi connectivity index (χ1) is 27.9. The van der Waals surface area contributed by atoms with Crippen LogP contribution < -0.4 is 14.4 Å². The Kier molecular flexibility index (Phi) is 7.62. The van der Waals surface area contributed by atoms with Crippen LogP contribution in [0.15, 0.2) is 41.0 Å². The van der Waals surface area contributed by atoms with Crippen molar-refractivity contribution in [3.05, 3.63) is 75.7 Å². The minimum absolute atomic E-state index is 0.0201. The van der Waals surface area contributed by atoms with Crippen LogP contribution in [-0.2, 0) is 6.42 Å². The molecule has 12 rings (SSSR count). The van der Waals surface area contributed by atoms with Gasteiger partial charge in [-0.25, -0.2) is 15.0 Å². The van der Waals surface area contributed by atoms with Crippen LogP contribution in [0.5, 0.6) is 0 Å². The lowest BCUT2D eigenvalue weighted by molar-refractivity contribution is -0.609. The number of piperidine rings is 1. The molecule has 0 bridgehead atoms. The Morgan fingerprint density at radius 1 is 0.807 bits per heavy atom. The van der Waals surface area contributed by atoms with E-state index in [1.54, 1.807) is 6.20 Å². The van der Waals surface area contributed by atoms with Crippen LogP contribution in [0.2, 0.25) is 10.6 Å². The van der Waals surface area contributed by atoms with Gasteiger partial charge in [0, 0.05) is 24.1 Å². The first-order valence-electron chi connectivity index (χ1n) is 19.8. The second kappa shape index (κ2) is 12.8. The predicted molar refractivity (Wildman–Crippen MR) is 210 cm³/mol. The van der Waals surface area contributed by atoms with Crippen LogP contribution in [0.25, 0.3) is 17.1 Å². The van der Waals surface area contributed by atoms with E-state index in [2.05, 4.69) is 70.6 Å². The Bertz CT molecular complexity index is 2590. The van der Waals surface area contributed by atoms with Gasteiger partial charge >= 0.3 is 5.82 Å². The highest BCUT2D eigenvalue weighted by atomic mass is 35.5. The molecule has 3 fully saturated rings. The first-order valence-corrected chi connectivity index (χ1v) is 20.9. The third-order valence-electron chi connectivity index (χ3n) is 12.8. The molecule has 20 heteroatoms. The largest absolute Gasteiger partial charge is 0.344 e. The Morgan fingerprint density at radius 2 is 1.60 bits per heavy atom. The van der Waals surface area contributed by atoms with Crippen LogP contribution >= 0.6 is 34.8 Å². The summed E-state index contributed by atoms with van der Waals surface area (Å²) >= 11 is 19.5. The number of anilines is 2. The van der Waals surface area contributed by atoms with Crippen molar-refractivity contribution in [3.63, 3.8) is 0 Å². The van der Waals surface area contributed by atoms with Gasteiger partial charge in [-0.2, -0.15) is 14.5 Å². The minimum atomic E-state index is 0.0201. The van der Waals surface area contributed by atoms with Crippen molar-refractivity contribution in [1.82, 2.24) is 64.1 Å². The number of aryl methyl sites for hydroxylation is 2. The number of fused-ring (bicyclic) bond motifs is 18. The third kappa shape index (κ3) is 5.10. The zero-order valence-electron chi connectivity index (χ0n) is 31.0. The fraction of sp³-hybridized carbons (Fsp3) is 0.486. The molecule has 5 aromatic rings. The molecule has 0 N–H and O–H groups in total. The summed E-state index contributed by atoms with van der Waals surface area (Å²) in [6, 6.07) is 0.432. The van der Waals surface area contributed by atoms with Gasteiger partial charge in [0.1, 0.15) is 34.6 Å². The quantitative estimate of drug-likeness (QED) is 0.130. The second-order valence-electron chi connectivity index (χ2n) is 15.8. The van der Waals surface area contributed by atoms with Crippen LogP contribution in [-0.4, -0.2) is 89.1 Å². The molecule has 290 valence electrons. The average molecular weight is 826 g/mol. The molecule has 0 aliphatic carbocycles. The number of aliphatic imine (C=N–C) groups is 1. The maximum atomic E-state index is 6.67. The molecule has 5 atom stereocenters. The van der Waals surface area contributed by atoms with E-state index in [0.29, 0.717) is 18.1 Å². The monoisotopic (exact) mass is 824 g/mol. The van der Waals surface area contributed by atoms with Crippen molar-refractivity contribution in [2.75, 3.05) is 22.9 Å². The van der Waals surface area contributed by atoms with Crippen LogP contribution in [0.3, 0.4) is 0 Å².